The molecule has 0 bridgehead atoms. The lowest BCUT2D eigenvalue weighted by Gasteiger charge is -2.12. The highest BCUT2D eigenvalue weighted by Crippen LogP contribution is 2.30. The summed E-state index contributed by atoms with van der Waals surface area (Å²) in [7, 11) is 0. The van der Waals surface area contributed by atoms with E-state index in [1.54, 1.807) is 0 Å². The summed E-state index contributed by atoms with van der Waals surface area (Å²) in [5.74, 6) is 1.62. The molecule has 4 rings (SSSR count). The average molecular weight is 598 g/mol. The molecule has 0 aliphatic carbocycles. The van der Waals surface area contributed by atoms with Crippen molar-refractivity contribution in [2.24, 2.45) is 0 Å². The molecule has 0 amide bonds. The van der Waals surface area contributed by atoms with Gasteiger partial charge in [-0.2, -0.15) is 0 Å². The fourth-order valence-electron chi connectivity index (χ4n) is 6.40. The van der Waals surface area contributed by atoms with Gasteiger partial charge >= 0.3 is 0 Å². The zero-order valence-corrected chi connectivity index (χ0v) is 27.9. The third kappa shape index (κ3) is 10.6. The summed E-state index contributed by atoms with van der Waals surface area (Å²) in [6, 6.07) is 17.4. The van der Waals surface area contributed by atoms with Crippen LogP contribution in [0.4, 0.5) is 5.82 Å². The molecular weight excluding hydrogens is 538 g/mol. The van der Waals surface area contributed by atoms with Gasteiger partial charge in [0.1, 0.15) is 11.3 Å². The molecule has 0 saturated heterocycles. The lowest BCUT2D eigenvalue weighted by atomic mass is 10.0. The number of benzene rings is 2. The third-order valence-electron chi connectivity index (χ3n) is 9.09. The van der Waals surface area contributed by atoms with Crippen LogP contribution in [0.3, 0.4) is 0 Å². The van der Waals surface area contributed by atoms with Crippen molar-refractivity contribution in [2.75, 3.05) is 12.3 Å². The standard InChI is InChI=1S/C39H59N5/c1-3-5-7-8-9-10-11-12-13-14-15-16-17-18-21-29-41-30-32-25-27-33(28-26-32)31-44-36(24-6-4-2)43-37-38(44)34-22-19-20-23-35(34)42-39(37)40/h19-20,22-23,25-28,41H,3-18,21,24,29-31H2,1-2H3,(H2,40,42). The number of hydrogen-bond donors (Lipinski definition) is 2. The Bertz CT molecular complexity index is 1360. The summed E-state index contributed by atoms with van der Waals surface area (Å²) < 4.78 is 2.37. The van der Waals surface area contributed by atoms with Crippen LogP contribution in [0.25, 0.3) is 21.9 Å². The van der Waals surface area contributed by atoms with Gasteiger partial charge in [-0.25, -0.2) is 9.97 Å². The van der Waals surface area contributed by atoms with Crippen LogP contribution >= 0.6 is 0 Å². The third-order valence-corrected chi connectivity index (χ3v) is 9.09. The van der Waals surface area contributed by atoms with Crippen molar-refractivity contribution in [1.29, 1.82) is 0 Å². The van der Waals surface area contributed by atoms with Gasteiger partial charge in [-0.3, -0.25) is 0 Å². The summed E-state index contributed by atoms with van der Waals surface area (Å²) in [5.41, 5.74) is 11.9. The van der Waals surface area contributed by atoms with E-state index in [-0.39, 0.29) is 0 Å². The van der Waals surface area contributed by atoms with Crippen LogP contribution in [-0.4, -0.2) is 21.1 Å². The molecule has 44 heavy (non-hydrogen) atoms. The quantitative estimate of drug-likeness (QED) is 0.0835. The molecule has 0 spiro atoms. The molecule has 240 valence electrons. The summed E-state index contributed by atoms with van der Waals surface area (Å²) in [4.78, 5) is 9.62. The molecule has 0 aliphatic rings. The first-order chi connectivity index (χ1) is 21.7. The topological polar surface area (TPSA) is 68.8 Å². The number of pyridine rings is 1. The number of nitrogens with two attached hydrogens (primary N) is 1. The van der Waals surface area contributed by atoms with E-state index in [0.717, 1.165) is 66.7 Å². The number of hydrogen-bond acceptors (Lipinski definition) is 4. The Morgan fingerprint density at radius 1 is 0.636 bits per heavy atom. The first-order valence-corrected chi connectivity index (χ1v) is 18.0. The average Bonchev–Trinajstić information content (AvgIpc) is 3.41. The van der Waals surface area contributed by atoms with Gasteiger partial charge in [0.15, 0.2) is 5.82 Å². The van der Waals surface area contributed by atoms with Gasteiger partial charge in [0.2, 0.25) is 0 Å². The Kier molecular flexibility index (Phi) is 15.0. The number of aromatic nitrogens is 3. The molecule has 5 heteroatoms. The number of anilines is 1. The molecule has 0 saturated carbocycles. The molecule has 0 atom stereocenters. The normalized spacial score (nSPS) is 11.7. The van der Waals surface area contributed by atoms with Crippen LogP contribution in [0.1, 0.15) is 140 Å². The molecule has 0 fully saturated rings. The number of nitrogen functional groups attached to an aromatic ring is 1. The van der Waals surface area contributed by atoms with Gasteiger partial charge in [0.05, 0.1) is 11.0 Å². The van der Waals surface area contributed by atoms with Gasteiger partial charge in [0, 0.05) is 24.9 Å². The lowest BCUT2D eigenvalue weighted by Crippen LogP contribution is -2.14. The van der Waals surface area contributed by atoms with E-state index in [9.17, 15) is 0 Å². The molecule has 0 unspecified atom stereocenters. The Balaban J connectivity index is 1.14. The Labute approximate surface area is 267 Å². The minimum absolute atomic E-state index is 0.519. The summed E-state index contributed by atoms with van der Waals surface area (Å²) in [6.07, 6.45) is 24.4. The maximum Gasteiger partial charge on any atom is 0.152 e. The van der Waals surface area contributed by atoms with E-state index in [0.29, 0.717) is 5.82 Å². The van der Waals surface area contributed by atoms with E-state index in [4.69, 9.17) is 10.7 Å². The van der Waals surface area contributed by atoms with Crippen molar-refractivity contribution in [1.82, 2.24) is 19.9 Å². The van der Waals surface area contributed by atoms with E-state index in [2.05, 4.69) is 65.1 Å². The highest BCUT2D eigenvalue weighted by molar-refractivity contribution is 6.06. The van der Waals surface area contributed by atoms with Crippen molar-refractivity contribution in [2.45, 2.75) is 143 Å². The number of fused-ring (bicyclic) bond motifs is 3. The van der Waals surface area contributed by atoms with E-state index in [1.165, 1.54) is 107 Å². The van der Waals surface area contributed by atoms with Crippen LogP contribution in [0.5, 0.6) is 0 Å². The maximum absolute atomic E-state index is 6.39. The molecule has 0 aliphatic heterocycles. The summed E-state index contributed by atoms with van der Waals surface area (Å²) in [5, 5.41) is 4.78. The molecule has 2 heterocycles. The number of para-hydroxylation sites is 1. The van der Waals surface area contributed by atoms with E-state index < -0.39 is 0 Å². The van der Waals surface area contributed by atoms with Gasteiger partial charge in [-0.15, -0.1) is 0 Å². The highest BCUT2D eigenvalue weighted by Gasteiger charge is 2.17. The van der Waals surface area contributed by atoms with Crippen LogP contribution in [-0.2, 0) is 19.5 Å². The predicted molar refractivity (Wildman–Crippen MR) is 190 cm³/mol. The molecule has 2 aromatic heterocycles. The number of nitrogens with zero attached hydrogens (tertiary/aromatic N) is 3. The Morgan fingerprint density at radius 3 is 1.84 bits per heavy atom. The van der Waals surface area contributed by atoms with Crippen LogP contribution < -0.4 is 11.1 Å². The number of imidazole rings is 1. The summed E-state index contributed by atoms with van der Waals surface area (Å²) >= 11 is 0. The molecule has 5 nitrogen and oxygen atoms in total. The van der Waals surface area contributed by atoms with Crippen molar-refractivity contribution in [3.8, 4) is 0 Å². The largest absolute Gasteiger partial charge is 0.382 e. The van der Waals surface area contributed by atoms with Gasteiger partial charge in [0.25, 0.3) is 0 Å². The molecular formula is C39H59N5. The van der Waals surface area contributed by atoms with E-state index in [1.807, 2.05) is 12.1 Å². The number of nitrogens with one attached hydrogen (secondary N) is 1. The Morgan fingerprint density at radius 2 is 1.20 bits per heavy atom. The molecule has 4 aromatic rings. The van der Waals surface area contributed by atoms with Crippen LogP contribution in [0.2, 0.25) is 0 Å². The number of unbranched alkanes of at least 4 members (excludes halogenated alkanes) is 15. The van der Waals surface area contributed by atoms with Crippen LogP contribution in [0.15, 0.2) is 48.5 Å². The fourth-order valence-corrected chi connectivity index (χ4v) is 6.40. The highest BCUT2D eigenvalue weighted by atomic mass is 15.1. The first kappa shape index (κ1) is 34.0. The van der Waals surface area contributed by atoms with Gasteiger partial charge in [-0.1, -0.05) is 153 Å². The second-order valence-corrected chi connectivity index (χ2v) is 12.9. The van der Waals surface area contributed by atoms with Crippen molar-refractivity contribution >= 4 is 27.8 Å². The second-order valence-electron chi connectivity index (χ2n) is 12.9. The second kappa shape index (κ2) is 19.5. The minimum Gasteiger partial charge on any atom is -0.382 e. The minimum atomic E-state index is 0.519. The van der Waals surface area contributed by atoms with Crippen molar-refractivity contribution in [3.63, 3.8) is 0 Å². The number of aryl methyl sites for hydroxylation is 1. The molecule has 2 aromatic carbocycles. The SMILES string of the molecule is CCCCCCCCCCCCCCCCCNCc1ccc(Cn2c(CCCC)nc3c(N)nc4ccccc4c32)cc1. The fraction of sp³-hybridized carbons (Fsp3) is 0.590. The van der Waals surface area contributed by atoms with Crippen molar-refractivity contribution in [3.05, 3.63) is 65.5 Å². The van der Waals surface area contributed by atoms with Crippen LogP contribution in [0, 0.1) is 0 Å². The lowest BCUT2D eigenvalue weighted by molar-refractivity contribution is 0.527. The first-order valence-electron chi connectivity index (χ1n) is 18.0. The Hall–Kier alpha value is -2.92. The smallest absolute Gasteiger partial charge is 0.152 e. The zero-order chi connectivity index (χ0) is 30.8. The molecule has 3 N–H and O–H groups in total. The summed E-state index contributed by atoms with van der Waals surface area (Å²) in [6.45, 7) is 7.34. The van der Waals surface area contributed by atoms with Gasteiger partial charge < -0.3 is 15.6 Å². The monoisotopic (exact) mass is 597 g/mol. The molecule has 0 radical (unpaired) electrons. The van der Waals surface area contributed by atoms with Gasteiger partial charge in [-0.05, 0) is 36.6 Å². The van der Waals surface area contributed by atoms with E-state index >= 15 is 0 Å². The predicted octanol–water partition coefficient (Wildman–Crippen LogP) is 10.5. The number of rotatable bonds is 23. The van der Waals surface area contributed by atoms with Crippen molar-refractivity contribution < 1.29 is 0 Å². The maximum atomic E-state index is 6.39. The zero-order valence-electron chi connectivity index (χ0n) is 27.9.